The summed E-state index contributed by atoms with van der Waals surface area (Å²) in [5.41, 5.74) is 6.27. The smallest absolute Gasteiger partial charge is 0.245 e. The number of carbonyl (C=O) groups is 1. The van der Waals surface area contributed by atoms with Gasteiger partial charge >= 0.3 is 0 Å². The highest BCUT2D eigenvalue weighted by atomic mass is 32.1. The number of nitrogens with zero attached hydrogens (tertiary/aromatic N) is 2. The summed E-state index contributed by atoms with van der Waals surface area (Å²) < 4.78 is 5.39. The molecule has 2 heterocycles. The molecular weight excluding hydrogens is 276 g/mol. The highest BCUT2D eigenvalue weighted by Gasteiger charge is 2.29. The average Bonchev–Trinajstić information content (AvgIpc) is 2.47. The minimum atomic E-state index is -0.355. The second-order valence-corrected chi connectivity index (χ2v) is 4.89. The van der Waals surface area contributed by atoms with Crippen LogP contribution in [0, 0.1) is 0 Å². The highest BCUT2D eigenvalue weighted by molar-refractivity contribution is 7.80. The number of morpholine rings is 1. The summed E-state index contributed by atoms with van der Waals surface area (Å²) in [5, 5.41) is 2.82. The number of hydrogen-bond acceptors (Lipinski definition) is 5. The van der Waals surface area contributed by atoms with E-state index in [1.54, 1.807) is 6.20 Å². The van der Waals surface area contributed by atoms with Gasteiger partial charge in [0.1, 0.15) is 16.8 Å². The van der Waals surface area contributed by atoms with E-state index in [0.717, 1.165) is 5.82 Å². The van der Waals surface area contributed by atoms with Crippen LogP contribution in [-0.4, -0.2) is 48.2 Å². The Bertz CT molecular complexity index is 492. The van der Waals surface area contributed by atoms with Gasteiger partial charge in [0, 0.05) is 24.8 Å². The summed E-state index contributed by atoms with van der Waals surface area (Å²) in [5.74, 6) is 0.678. The molecule has 0 saturated carbocycles. The number of thiocarbonyl (C=S) groups is 1. The van der Waals surface area contributed by atoms with E-state index in [0.29, 0.717) is 36.9 Å². The third-order valence-electron chi connectivity index (χ3n) is 3.11. The van der Waals surface area contributed by atoms with Gasteiger partial charge in [-0.05, 0) is 19.1 Å². The van der Waals surface area contributed by atoms with Gasteiger partial charge in [-0.25, -0.2) is 4.98 Å². The van der Waals surface area contributed by atoms with Crippen LogP contribution in [0.15, 0.2) is 18.3 Å². The first-order valence-electron chi connectivity index (χ1n) is 6.51. The topological polar surface area (TPSA) is 80.5 Å². The number of hydrogen-bond donors (Lipinski definition) is 2. The predicted octanol–water partition coefficient (Wildman–Crippen LogP) is 0.0571. The number of carbonyl (C=O) groups excluding carboxylic acids is 1. The van der Waals surface area contributed by atoms with Crippen LogP contribution in [0.1, 0.15) is 12.5 Å². The van der Waals surface area contributed by atoms with E-state index >= 15 is 0 Å². The molecule has 6 nitrogen and oxygen atoms in total. The molecule has 1 fully saturated rings. The fraction of sp³-hybridized carbons (Fsp3) is 0.462. The van der Waals surface area contributed by atoms with Crippen molar-refractivity contribution in [2.45, 2.75) is 13.0 Å². The first kappa shape index (κ1) is 14.7. The molecule has 0 radical (unpaired) electrons. The van der Waals surface area contributed by atoms with Gasteiger partial charge in [0.2, 0.25) is 5.91 Å². The van der Waals surface area contributed by atoms with E-state index in [2.05, 4.69) is 10.3 Å². The minimum Gasteiger partial charge on any atom is -0.389 e. The van der Waals surface area contributed by atoms with Crippen molar-refractivity contribution in [3.05, 3.63) is 23.9 Å². The molecule has 1 atom stereocenters. The van der Waals surface area contributed by atoms with E-state index < -0.39 is 0 Å². The molecule has 1 aliphatic rings. The zero-order valence-corrected chi connectivity index (χ0v) is 12.2. The van der Waals surface area contributed by atoms with Crippen LogP contribution < -0.4 is 16.0 Å². The SMILES string of the molecule is CCNC(=O)C1COCCN1c1ccc(C(N)=S)cn1. The molecule has 108 valence electrons. The van der Waals surface area contributed by atoms with E-state index in [9.17, 15) is 4.79 Å². The fourth-order valence-electron chi connectivity index (χ4n) is 2.09. The maximum Gasteiger partial charge on any atom is 0.245 e. The van der Waals surface area contributed by atoms with Crippen LogP contribution in [0.2, 0.25) is 0 Å². The Balaban J connectivity index is 2.18. The van der Waals surface area contributed by atoms with Crippen molar-refractivity contribution >= 4 is 28.9 Å². The molecular formula is C13H18N4O2S. The molecule has 1 aliphatic heterocycles. The Morgan fingerprint density at radius 1 is 1.65 bits per heavy atom. The Morgan fingerprint density at radius 3 is 3.05 bits per heavy atom. The Kier molecular flexibility index (Phi) is 4.86. The second kappa shape index (κ2) is 6.62. The lowest BCUT2D eigenvalue weighted by Crippen LogP contribution is -2.54. The molecule has 20 heavy (non-hydrogen) atoms. The van der Waals surface area contributed by atoms with Gasteiger partial charge in [-0.1, -0.05) is 12.2 Å². The van der Waals surface area contributed by atoms with Crippen LogP contribution in [0.25, 0.3) is 0 Å². The normalized spacial score (nSPS) is 18.6. The van der Waals surface area contributed by atoms with Crippen molar-refractivity contribution < 1.29 is 9.53 Å². The van der Waals surface area contributed by atoms with Crippen molar-refractivity contribution in [2.24, 2.45) is 5.73 Å². The van der Waals surface area contributed by atoms with Gasteiger partial charge in [-0.3, -0.25) is 4.79 Å². The summed E-state index contributed by atoms with van der Waals surface area (Å²) >= 11 is 4.90. The Hall–Kier alpha value is -1.73. The van der Waals surface area contributed by atoms with E-state index in [-0.39, 0.29) is 11.9 Å². The zero-order chi connectivity index (χ0) is 14.5. The number of aromatic nitrogens is 1. The molecule has 0 aliphatic carbocycles. The molecule has 7 heteroatoms. The van der Waals surface area contributed by atoms with Gasteiger partial charge in [0.25, 0.3) is 0 Å². The fourth-order valence-corrected chi connectivity index (χ4v) is 2.21. The van der Waals surface area contributed by atoms with Gasteiger partial charge in [0.15, 0.2) is 0 Å². The molecule has 3 N–H and O–H groups in total. The number of nitrogens with two attached hydrogens (primary N) is 1. The monoisotopic (exact) mass is 294 g/mol. The number of likely N-dealkylation sites (N-methyl/N-ethyl adjacent to an activating group) is 1. The number of nitrogens with one attached hydrogen (secondary N) is 1. The lowest BCUT2D eigenvalue weighted by molar-refractivity contribution is -0.124. The Labute approximate surface area is 123 Å². The molecule has 1 aromatic heterocycles. The molecule has 0 spiro atoms. The lowest BCUT2D eigenvalue weighted by Gasteiger charge is -2.35. The average molecular weight is 294 g/mol. The van der Waals surface area contributed by atoms with E-state index in [4.69, 9.17) is 22.7 Å². The molecule has 2 rings (SSSR count). The number of amides is 1. The van der Waals surface area contributed by atoms with Gasteiger partial charge in [0.05, 0.1) is 13.2 Å². The molecule has 1 aromatic rings. The van der Waals surface area contributed by atoms with Crippen molar-refractivity contribution in [3.63, 3.8) is 0 Å². The lowest BCUT2D eigenvalue weighted by atomic mass is 10.2. The third-order valence-corrected chi connectivity index (χ3v) is 3.34. The zero-order valence-electron chi connectivity index (χ0n) is 11.3. The number of anilines is 1. The van der Waals surface area contributed by atoms with Crippen LogP contribution >= 0.6 is 12.2 Å². The Morgan fingerprint density at radius 2 is 2.45 bits per heavy atom. The third kappa shape index (κ3) is 3.23. The van der Waals surface area contributed by atoms with Gasteiger partial charge in [-0.2, -0.15) is 0 Å². The van der Waals surface area contributed by atoms with E-state index in [1.807, 2.05) is 24.0 Å². The maximum absolute atomic E-state index is 12.1. The van der Waals surface area contributed by atoms with E-state index in [1.165, 1.54) is 0 Å². The largest absolute Gasteiger partial charge is 0.389 e. The predicted molar refractivity (Wildman–Crippen MR) is 80.8 cm³/mol. The van der Waals surface area contributed by atoms with Gasteiger partial charge in [-0.15, -0.1) is 0 Å². The summed E-state index contributed by atoms with van der Waals surface area (Å²) in [4.78, 5) is 18.6. The first-order chi connectivity index (χ1) is 9.63. The quantitative estimate of drug-likeness (QED) is 0.764. The van der Waals surface area contributed by atoms with Crippen LogP contribution in [0.4, 0.5) is 5.82 Å². The molecule has 1 saturated heterocycles. The summed E-state index contributed by atoms with van der Waals surface area (Å²) in [6, 6.07) is 3.29. The first-order valence-corrected chi connectivity index (χ1v) is 6.92. The van der Waals surface area contributed by atoms with Gasteiger partial charge < -0.3 is 20.7 Å². The highest BCUT2D eigenvalue weighted by Crippen LogP contribution is 2.17. The van der Waals surface area contributed by atoms with Crippen LogP contribution in [0.5, 0.6) is 0 Å². The van der Waals surface area contributed by atoms with Crippen molar-refractivity contribution in [1.82, 2.24) is 10.3 Å². The maximum atomic E-state index is 12.1. The summed E-state index contributed by atoms with van der Waals surface area (Å²) in [7, 11) is 0. The standard InChI is InChI=1S/C13H18N4O2S/c1-2-15-13(18)10-8-19-6-5-17(10)11-4-3-9(7-16-11)12(14)20/h3-4,7,10H,2,5-6,8H2,1H3,(H2,14,20)(H,15,18). The number of pyridine rings is 1. The number of ether oxygens (including phenoxy) is 1. The van der Waals surface area contributed by atoms with Crippen LogP contribution in [-0.2, 0) is 9.53 Å². The second-order valence-electron chi connectivity index (χ2n) is 4.45. The number of rotatable bonds is 4. The molecule has 0 bridgehead atoms. The van der Waals surface area contributed by atoms with Crippen molar-refractivity contribution in [3.8, 4) is 0 Å². The minimum absolute atomic E-state index is 0.0487. The van der Waals surface area contributed by atoms with Crippen molar-refractivity contribution in [1.29, 1.82) is 0 Å². The summed E-state index contributed by atoms with van der Waals surface area (Å²) in [6.07, 6.45) is 1.63. The van der Waals surface area contributed by atoms with Crippen molar-refractivity contribution in [2.75, 3.05) is 31.2 Å². The molecule has 1 amide bonds. The summed E-state index contributed by atoms with van der Waals surface area (Å²) in [6.45, 7) is 4.05. The molecule has 1 unspecified atom stereocenters. The van der Waals surface area contributed by atoms with Crippen LogP contribution in [0.3, 0.4) is 0 Å². The molecule has 0 aromatic carbocycles.